The average molecular weight is 291 g/mol. The van der Waals surface area contributed by atoms with Crippen LogP contribution in [-0.4, -0.2) is 32.6 Å². The molecule has 0 unspecified atom stereocenters. The van der Waals surface area contributed by atoms with Gasteiger partial charge in [-0.15, -0.1) is 0 Å². The van der Waals surface area contributed by atoms with E-state index in [4.69, 9.17) is 5.11 Å². The van der Waals surface area contributed by atoms with Crippen LogP contribution in [0.15, 0.2) is 23.0 Å². The molecule has 7 nitrogen and oxygen atoms in total. The number of nitrogens with zero attached hydrogens (tertiary/aromatic N) is 1. The molecule has 0 aliphatic carbocycles. The van der Waals surface area contributed by atoms with E-state index in [9.17, 15) is 14.4 Å². The van der Waals surface area contributed by atoms with Crippen LogP contribution in [0.25, 0.3) is 11.0 Å². The molecule has 21 heavy (non-hydrogen) atoms. The number of nitrogens with one attached hydrogen (secondary N) is 2. The Hall–Kier alpha value is -2.57. The molecule has 0 bridgehead atoms. The van der Waals surface area contributed by atoms with Crippen molar-refractivity contribution in [1.29, 1.82) is 0 Å². The van der Waals surface area contributed by atoms with Crippen molar-refractivity contribution >= 4 is 22.9 Å². The summed E-state index contributed by atoms with van der Waals surface area (Å²) >= 11 is 0. The molecule has 1 heterocycles. The quantitative estimate of drug-likeness (QED) is 0.762. The predicted molar refractivity (Wildman–Crippen MR) is 77.4 cm³/mol. The van der Waals surface area contributed by atoms with E-state index in [0.717, 1.165) is 0 Å². The summed E-state index contributed by atoms with van der Waals surface area (Å²) in [4.78, 5) is 37.0. The summed E-state index contributed by atoms with van der Waals surface area (Å²) < 4.78 is 1.43. The van der Waals surface area contributed by atoms with Gasteiger partial charge in [-0.25, -0.2) is 9.59 Å². The minimum Gasteiger partial charge on any atom is -0.478 e. The number of benzene rings is 1. The Morgan fingerprint density at radius 1 is 1.38 bits per heavy atom. The number of rotatable bonds is 5. The minimum absolute atomic E-state index is 0.0512. The van der Waals surface area contributed by atoms with Crippen molar-refractivity contribution in [3.8, 4) is 0 Å². The molecule has 7 heteroatoms. The number of hydrogen-bond acceptors (Lipinski definition) is 3. The second kappa shape index (κ2) is 5.82. The summed E-state index contributed by atoms with van der Waals surface area (Å²) in [5, 5.41) is 11.7. The van der Waals surface area contributed by atoms with Gasteiger partial charge < -0.3 is 15.4 Å². The number of carboxylic acid groups (broad SMARTS) is 1. The molecule has 112 valence electrons. The summed E-state index contributed by atoms with van der Waals surface area (Å²) in [7, 11) is 0. The molecule has 1 aromatic carbocycles. The van der Waals surface area contributed by atoms with Crippen LogP contribution in [0.3, 0.4) is 0 Å². The number of fused-ring (bicyclic) bond motifs is 1. The third-order valence-electron chi connectivity index (χ3n) is 3.03. The Balaban J connectivity index is 2.24. The maximum Gasteiger partial charge on any atom is 0.335 e. The molecule has 2 rings (SSSR count). The van der Waals surface area contributed by atoms with E-state index in [1.165, 1.54) is 16.7 Å². The van der Waals surface area contributed by atoms with Crippen LogP contribution in [0.1, 0.15) is 30.6 Å². The normalized spacial score (nSPS) is 11.0. The molecule has 0 aliphatic rings. The van der Waals surface area contributed by atoms with E-state index in [1.807, 2.05) is 13.8 Å². The number of hydrogen-bond donors (Lipinski definition) is 3. The third kappa shape index (κ3) is 3.31. The molecule has 3 N–H and O–H groups in total. The number of imidazole rings is 1. The van der Waals surface area contributed by atoms with Crippen molar-refractivity contribution in [2.75, 3.05) is 0 Å². The first-order chi connectivity index (χ1) is 9.88. The van der Waals surface area contributed by atoms with Gasteiger partial charge in [-0.05, 0) is 32.0 Å². The number of H-pyrrole nitrogens is 1. The fourth-order valence-electron chi connectivity index (χ4n) is 2.13. The highest BCUT2D eigenvalue weighted by molar-refractivity contribution is 5.92. The number of aromatic nitrogens is 2. The third-order valence-corrected chi connectivity index (χ3v) is 3.03. The Labute approximate surface area is 120 Å². The molecular weight excluding hydrogens is 274 g/mol. The van der Waals surface area contributed by atoms with E-state index in [-0.39, 0.29) is 36.2 Å². The van der Waals surface area contributed by atoms with Crippen LogP contribution in [0.2, 0.25) is 0 Å². The van der Waals surface area contributed by atoms with Crippen molar-refractivity contribution in [3.05, 3.63) is 34.2 Å². The van der Waals surface area contributed by atoms with Gasteiger partial charge in [0.15, 0.2) is 0 Å². The molecule has 0 saturated carbocycles. The number of carboxylic acids is 1. The van der Waals surface area contributed by atoms with E-state index >= 15 is 0 Å². The number of amides is 1. The maximum atomic E-state index is 11.9. The zero-order valence-corrected chi connectivity index (χ0v) is 11.8. The summed E-state index contributed by atoms with van der Waals surface area (Å²) in [6, 6.07) is 4.46. The first-order valence-electron chi connectivity index (χ1n) is 6.63. The molecule has 0 radical (unpaired) electrons. The lowest BCUT2D eigenvalue weighted by atomic mass is 10.2. The predicted octanol–water partition coefficient (Wildman–Crippen LogP) is 0.942. The summed E-state index contributed by atoms with van der Waals surface area (Å²) in [6.07, 6.45) is 0.186. The van der Waals surface area contributed by atoms with E-state index in [1.54, 1.807) is 6.07 Å². The Bertz CT molecular complexity index is 742. The zero-order chi connectivity index (χ0) is 15.6. The van der Waals surface area contributed by atoms with Crippen molar-refractivity contribution < 1.29 is 14.7 Å². The van der Waals surface area contributed by atoms with Crippen molar-refractivity contribution in [2.45, 2.75) is 32.9 Å². The number of aromatic carboxylic acids is 1. The smallest absolute Gasteiger partial charge is 0.335 e. The first kappa shape index (κ1) is 14.8. The Kier molecular flexibility index (Phi) is 4.11. The van der Waals surface area contributed by atoms with Crippen LogP contribution in [0.4, 0.5) is 0 Å². The first-order valence-corrected chi connectivity index (χ1v) is 6.63. The van der Waals surface area contributed by atoms with E-state index in [2.05, 4.69) is 10.3 Å². The number of carbonyl (C=O) groups is 2. The van der Waals surface area contributed by atoms with Gasteiger partial charge in [-0.2, -0.15) is 0 Å². The van der Waals surface area contributed by atoms with Crippen molar-refractivity contribution in [1.82, 2.24) is 14.9 Å². The van der Waals surface area contributed by atoms with Crippen LogP contribution >= 0.6 is 0 Å². The van der Waals surface area contributed by atoms with Crippen LogP contribution in [-0.2, 0) is 11.3 Å². The number of aromatic amines is 1. The highest BCUT2D eigenvalue weighted by Crippen LogP contribution is 2.13. The monoisotopic (exact) mass is 291 g/mol. The summed E-state index contributed by atoms with van der Waals surface area (Å²) in [5.74, 6) is -1.18. The van der Waals surface area contributed by atoms with Crippen molar-refractivity contribution in [2.24, 2.45) is 0 Å². The van der Waals surface area contributed by atoms with Crippen molar-refractivity contribution in [3.63, 3.8) is 0 Å². The minimum atomic E-state index is -1.05. The standard InChI is InChI=1S/C14H17N3O4/c1-8(2)15-12(18)5-6-17-11-4-3-9(13(19)20)7-10(11)16-14(17)21/h3-4,7-8H,5-6H2,1-2H3,(H,15,18)(H,16,21)(H,19,20). The molecule has 0 saturated heterocycles. The molecule has 0 aliphatic heterocycles. The van der Waals surface area contributed by atoms with Gasteiger partial charge in [0.1, 0.15) is 0 Å². The van der Waals surface area contributed by atoms with Gasteiger partial charge >= 0.3 is 11.7 Å². The molecule has 0 atom stereocenters. The van der Waals surface area contributed by atoms with Crippen LogP contribution < -0.4 is 11.0 Å². The van der Waals surface area contributed by atoms with E-state index in [0.29, 0.717) is 11.0 Å². The molecule has 0 fully saturated rings. The fraction of sp³-hybridized carbons (Fsp3) is 0.357. The molecule has 1 amide bonds. The Morgan fingerprint density at radius 3 is 2.71 bits per heavy atom. The number of carbonyl (C=O) groups excluding carboxylic acids is 1. The van der Waals surface area contributed by atoms with Crippen LogP contribution in [0, 0.1) is 0 Å². The zero-order valence-electron chi connectivity index (χ0n) is 11.8. The Morgan fingerprint density at radius 2 is 2.10 bits per heavy atom. The SMILES string of the molecule is CC(C)NC(=O)CCn1c(=O)[nH]c2cc(C(=O)O)ccc21. The molecule has 2 aromatic rings. The van der Waals surface area contributed by atoms with Crippen LogP contribution in [0.5, 0.6) is 0 Å². The summed E-state index contributed by atoms with van der Waals surface area (Å²) in [5.41, 5.74) is 0.782. The summed E-state index contributed by atoms with van der Waals surface area (Å²) in [6.45, 7) is 3.97. The van der Waals surface area contributed by atoms with Gasteiger partial charge in [0.25, 0.3) is 0 Å². The molecule has 1 aromatic heterocycles. The highest BCUT2D eigenvalue weighted by atomic mass is 16.4. The molecular formula is C14H17N3O4. The van der Waals surface area contributed by atoms with Gasteiger partial charge in [-0.1, -0.05) is 0 Å². The highest BCUT2D eigenvalue weighted by Gasteiger charge is 2.11. The number of aryl methyl sites for hydroxylation is 1. The fourth-order valence-corrected chi connectivity index (χ4v) is 2.13. The largest absolute Gasteiger partial charge is 0.478 e. The van der Waals surface area contributed by atoms with Gasteiger partial charge in [0, 0.05) is 19.0 Å². The maximum absolute atomic E-state index is 11.9. The van der Waals surface area contributed by atoms with Gasteiger partial charge in [-0.3, -0.25) is 9.36 Å². The average Bonchev–Trinajstić information content (AvgIpc) is 2.70. The topological polar surface area (TPSA) is 104 Å². The lowest BCUT2D eigenvalue weighted by molar-refractivity contribution is -0.121. The lowest BCUT2D eigenvalue weighted by Crippen LogP contribution is -2.31. The second-order valence-electron chi connectivity index (χ2n) is 5.09. The molecule has 0 spiro atoms. The lowest BCUT2D eigenvalue weighted by Gasteiger charge is -2.08. The van der Waals surface area contributed by atoms with E-state index < -0.39 is 5.97 Å². The second-order valence-corrected chi connectivity index (χ2v) is 5.09. The van der Waals surface area contributed by atoms with Gasteiger partial charge in [0.2, 0.25) is 5.91 Å². The van der Waals surface area contributed by atoms with Gasteiger partial charge in [0.05, 0.1) is 16.6 Å².